The number of carbonyl (C=O) groups is 2. The van der Waals surface area contributed by atoms with Crippen LogP contribution in [0, 0.1) is 0 Å². The molecule has 0 radical (unpaired) electrons. The Bertz CT molecular complexity index is 999. The zero-order valence-corrected chi connectivity index (χ0v) is 15.4. The molecule has 0 saturated carbocycles. The first-order valence-electron chi connectivity index (χ1n) is 8.42. The number of halogens is 3. The first-order valence-corrected chi connectivity index (χ1v) is 8.42. The van der Waals surface area contributed by atoms with Crippen LogP contribution in [0.15, 0.2) is 29.1 Å². The van der Waals surface area contributed by atoms with Crippen molar-refractivity contribution < 1.29 is 33.0 Å². The van der Waals surface area contributed by atoms with Gasteiger partial charge in [0.2, 0.25) is 0 Å². The quantitative estimate of drug-likeness (QED) is 0.666. The minimum absolute atomic E-state index is 0.0884. The van der Waals surface area contributed by atoms with E-state index in [4.69, 9.17) is 5.11 Å². The molecule has 11 heteroatoms. The van der Waals surface area contributed by atoms with Crippen molar-refractivity contribution in [2.45, 2.75) is 32.5 Å². The number of carboxylic acid groups (broad SMARTS) is 1. The number of aliphatic carboxylic acids is 1. The third kappa shape index (κ3) is 4.92. The molecule has 1 amide bonds. The zero-order valence-electron chi connectivity index (χ0n) is 15.4. The number of aromatic nitrogens is 2. The summed E-state index contributed by atoms with van der Waals surface area (Å²) in [5, 5.41) is 24.8. The van der Waals surface area contributed by atoms with Gasteiger partial charge in [-0.1, -0.05) is 32.0 Å². The Morgan fingerprint density at radius 2 is 1.86 bits per heavy atom. The van der Waals surface area contributed by atoms with E-state index in [1.807, 2.05) is 5.32 Å². The normalized spacial score (nSPS) is 11.5. The molecule has 0 aliphatic rings. The van der Waals surface area contributed by atoms with Gasteiger partial charge in [-0.15, -0.1) is 0 Å². The highest BCUT2D eigenvalue weighted by Gasteiger charge is 2.33. The van der Waals surface area contributed by atoms with Crippen LogP contribution in [0.25, 0.3) is 0 Å². The van der Waals surface area contributed by atoms with Crippen LogP contribution >= 0.6 is 0 Å². The van der Waals surface area contributed by atoms with E-state index >= 15 is 0 Å². The van der Waals surface area contributed by atoms with Gasteiger partial charge in [0.15, 0.2) is 5.75 Å². The lowest BCUT2D eigenvalue weighted by Gasteiger charge is -2.17. The molecular weight excluding hydrogens is 395 g/mol. The van der Waals surface area contributed by atoms with E-state index < -0.39 is 59.5 Å². The molecular formula is C18H18F3N3O5. The number of nitrogens with zero attached hydrogens (tertiary/aromatic N) is 2. The maximum absolute atomic E-state index is 13.2. The Morgan fingerprint density at radius 1 is 1.24 bits per heavy atom. The Labute approximate surface area is 162 Å². The molecule has 0 bridgehead atoms. The number of amides is 1. The van der Waals surface area contributed by atoms with Crippen molar-refractivity contribution in [3.63, 3.8) is 0 Å². The van der Waals surface area contributed by atoms with Gasteiger partial charge in [-0.05, 0) is 11.6 Å². The number of aromatic hydroxyl groups is 1. The first kappa shape index (κ1) is 21.9. The summed E-state index contributed by atoms with van der Waals surface area (Å²) in [6.45, 7) is 1.78. The molecule has 156 valence electrons. The maximum atomic E-state index is 13.2. The van der Waals surface area contributed by atoms with Gasteiger partial charge < -0.3 is 15.5 Å². The summed E-state index contributed by atoms with van der Waals surface area (Å²) in [5.41, 5.74) is -3.24. The molecule has 0 saturated heterocycles. The molecule has 8 nitrogen and oxygen atoms in total. The number of hydrogen-bond donors (Lipinski definition) is 3. The van der Waals surface area contributed by atoms with Crippen LogP contribution in [0.2, 0.25) is 0 Å². The van der Waals surface area contributed by atoms with Crippen molar-refractivity contribution in [1.82, 2.24) is 15.1 Å². The molecule has 2 rings (SSSR count). The maximum Gasteiger partial charge on any atom is 0.416 e. The van der Waals surface area contributed by atoms with Crippen molar-refractivity contribution in [2.75, 3.05) is 6.54 Å². The van der Waals surface area contributed by atoms with E-state index in [0.717, 1.165) is 6.07 Å². The van der Waals surface area contributed by atoms with Gasteiger partial charge >= 0.3 is 12.1 Å². The number of carboxylic acids is 1. The third-order valence-electron chi connectivity index (χ3n) is 3.97. The molecule has 0 unspecified atom stereocenters. The second kappa shape index (κ2) is 8.33. The van der Waals surface area contributed by atoms with Crippen LogP contribution in [-0.2, 0) is 17.5 Å². The van der Waals surface area contributed by atoms with Crippen LogP contribution < -0.4 is 10.9 Å². The van der Waals surface area contributed by atoms with Crippen LogP contribution in [0.5, 0.6) is 5.75 Å². The number of carbonyl (C=O) groups excluding carboxylic acids is 1. The topological polar surface area (TPSA) is 122 Å². The predicted octanol–water partition coefficient (Wildman–Crippen LogP) is 1.95. The summed E-state index contributed by atoms with van der Waals surface area (Å²) < 4.78 is 40.4. The fourth-order valence-corrected chi connectivity index (χ4v) is 2.62. The van der Waals surface area contributed by atoms with Crippen molar-refractivity contribution in [3.05, 3.63) is 57.0 Å². The highest BCUT2D eigenvalue weighted by Crippen LogP contribution is 2.32. The minimum atomic E-state index is -4.67. The molecule has 0 atom stereocenters. The SMILES string of the molecule is CC(C)c1nn(Cc2ccccc2C(F)(F)F)c(=O)c(C(=O)NCC(=O)O)c1O. The summed E-state index contributed by atoms with van der Waals surface area (Å²) in [6.07, 6.45) is -4.67. The van der Waals surface area contributed by atoms with Crippen LogP contribution in [0.4, 0.5) is 13.2 Å². The summed E-state index contributed by atoms with van der Waals surface area (Å²) in [5.74, 6) is -3.77. The first-order chi connectivity index (χ1) is 13.4. The average molecular weight is 413 g/mol. The lowest BCUT2D eigenvalue weighted by atomic mass is 10.1. The van der Waals surface area contributed by atoms with Crippen molar-refractivity contribution in [2.24, 2.45) is 0 Å². The van der Waals surface area contributed by atoms with Crippen LogP contribution in [0.1, 0.15) is 46.9 Å². The average Bonchev–Trinajstić information content (AvgIpc) is 2.61. The smallest absolute Gasteiger partial charge is 0.416 e. The highest BCUT2D eigenvalue weighted by molar-refractivity contribution is 5.98. The predicted molar refractivity (Wildman–Crippen MR) is 94.8 cm³/mol. The van der Waals surface area contributed by atoms with Crippen molar-refractivity contribution >= 4 is 11.9 Å². The van der Waals surface area contributed by atoms with Crippen molar-refractivity contribution in [1.29, 1.82) is 0 Å². The fraction of sp³-hybridized carbons (Fsp3) is 0.333. The summed E-state index contributed by atoms with van der Waals surface area (Å²) in [4.78, 5) is 35.5. The second-order valence-corrected chi connectivity index (χ2v) is 6.46. The lowest BCUT2D eigenvalue weighted by molar-refractivity contribution is -0.138. The largest absolute Gasteiger partial charge is 0.505 e. The lowest BCUT2D eigenvalue weighted by Crippen LogP contribution is -2.37. The zero-order chi connectivity index (χ0) is 21.9. The van der Waals surface area contributed by atoms with Crippen LogP contribution in [-0.4, -0.2) is 38.4 Å². The Morgan fingerprint density at radius 3 is 2.41 bits per heavy atom. The molecule has 29 heavy (non-hydrogen) atoms. The third-order valence-corrected chi connectivity index (χ3v) is 3.97. The molecule has 3 N–H and O–H groups in total. The number of alkyl halides is 3. The molecule has 0 aliphatic heterocycles. The van der Waals surface area contributed by atoms with E-state index in [1.54, 1.807) is 13.8 Å². The standard InChI is InChI=1S/C18H18F3N3O5/c1-9(2)14-15(27)13(16(28)22-7-12(25)26)17(29)24(23-14)8-10-5-3-4-6-11(10)18(19,20)21/h3-6,9,27H,7-8H2,1-2H3,(H,22,28)(H,25,26). The van der Waals surface area contributed by atoms with E-state index in [1.165, 1.54) is 18.2 Å². The molecule has 1 heterocycles. The molecule has 2 aromatic rings. The molecule has 0 fully saturated rings. The summed E-state index contributed by atoms with van der Waals surface area (Å²) in [7, 11) is 0. The monoisotopic (exact) mass is 413 g/mol. The minimum Gasteiger partial charge on any atom is -0.505 e. The summed E-state index contributed by atoms with van der Waals surface area (Å²) >= 11 is 0. The Kier molecular flexibility index (Phi) is 6.30. The van der Waals surface area contributed by atoms with Gasteiger partial charge in [0.05, 0.1) is 12.1 Å². The molecule has 0 aliphatic carbocycles. The van der Waals surface area contributed by atoms with Gasteiger partial charge in [0, 0.05) is 5.92 Å². The Hall–Kier alpha value is -3.37. The molecule has 0 spiro atoms. The molecule has 1 aromatic carbocycles. The second-order valence-electron chi connectivity index (χ2n) is 6.46. The Balaban J connectivity index is 2.61. The van der Waals surface area contributed by atoms with Crippen LogP contribution in [0.3, 0.4) is 0 Å². The van der Waals surface area contributed by atoms with Gasteiger partial charge in [-0.25, -0.2) is 4.68 Å². The number of rotatable bonds is 6. The number of nitrogens with one attached hydrogen (secondary N) is 1. The van der Waals surface area contributed by atoms with Gasteiger partial charge in [0.1, 0.15) is 17.8 Å². The van der Waals surface area contributed by atoms with Gasteiger partial charge in [-0.3, -0.25) is 14.4 Å². The van der Waals surface area contributed by atoms with E-state index in [0.29, 0.717) is 4.68 Å². The van der Waals surface area contributed by atoms with E-state index in [-0.39, 0.29) is 11.3 Å². The van der Waals surface area contributed by atoms with Gasteiger partial charge in [-0.2, -0.15) is 18.3 Å². The van der Waals surface area contributed by atoms with E-state index in [2.05, 4.69) is 5.10 Å². The van der Waals surface area contributed by atoms with Crippen molar-refractivity contribution in [3.8, 4) is 5.75 Å². The van der Waals surface area contributed by atoms with E-state index in [9.17, 15) is 32.7 Å². The summed E-state index contributed by atoms with van der Waals surface area (Å²) in [6, 6.07) is 4.58. The number of benzene rings is 1. The fourth-order valence-electron chi connectivity index (χ4n) is 2.62. The highest BCUT2D eigenvalue weighted by atomic mass is 19.4. The van der Waals surface area contributed by atoms with Gasteiger partial charge in [0.25, 0.3) is 11.5 Å². The molecule has 1 aromatic heterocycles. The number of hydrogen-bond acceptors (Lipinski definition) is 5.